The Bertz CT molecular complexity index is 703. The summed E-state index contributed by atoms with van der Waals surface area (Å²) in [7, 11) is 1.76. The highest BCUT2D eigenvalue weighted by molar-refractivity contribution is 6.08. The van der Waals surface area contributed by atoms with Gasteiger partial charge in [-0.05, 0) is 6.07 Å². The fourth-order valence-corrected chi connectivity index (χ4v) is 2.21. The molecule has 1 aromatic heterocycles. The van der Waals surface area contributed by atoms with Gasteiger partial charge in [0.05, 0.1) is 5.56 Å². The van der Waals surface area contributed by atoms with E-state index in [1.807, 2.05) is 12.1 Å². The number of carbonyl (C=O) groups is 3. The lowest BCUT2D eigenvalue weighted by Gasteiger charge is -2.17. The Morgan fingerprint density at radius 2 is 1.67 bits per heavy atom. The fourth-order valence-electron chi connectivity index (χ4n) is 2.21. The number of aryl methyl sites for hydroxylation is 1. The maximum Gasteiger partial charge on any atom is 0.323 e. The Kier molecular flexibility index (Phi) is 3.93. The van der Waals surface area contributed by atoms with Gasteiger partial charge in [0, 0.05) is 24.1 Å². The third-order valence-corrected chi connectivity index (χ3v) is 3.07. The summed E-state index contributed by atoms with van der Waals surface area (Å²) in [6.45, 7) is -1.32. The number of aromatic nitrogens is 1. The van der Waals surface area contributed by atoms with Crippen molar-refractivity contribution >= 4 is 28.7 Å². The number of fused-ring (bicyclic) bond motifs is 1. The minimum atomic E-state index is -1.26. The smallest absolute Gasteiger partial charge is 0.323 e. The Hall–Kier alpha value is -2.83. The fraction of sp³-hybridized carbons (Fsp3) is 0.214. The van der Waals surface area contributed by atoms with Crippen molar-refractivity contribution in [1.29, 1.82) is 0 Å². The van der Waals surface area contributed by atoms with Crippen LogP contribution in [0.3, 0.4) is 0 Å². The molecular weight excluding hydrogens is 276 g/mol. The minimum Gasteiger partial charge on any atom is -0.480 e. The zero-order chi connectivity index (χ0) is 15.6. The molecule has 0 atom stereocenters. The van der Waals surface area contributed by atoms with E-state index < -0.39 is 30.9 Å². The monoisotopic (exact) mass is 290 g/mol. The summed E-state index contributed by atoms with van der Waals surface area (Å²) in [5.74, 6) is -3.13. The summed E-state index contributed by atoms with van der Waals surface area (Å²) in [5.41, 5.74) is 1.10. The molecule has 0 saturated carbocycles. The van der Waals surface area contributed by atoms with Crippen molar-refractivity contribution in [2.75, 3.05) is 13.1 Å². The summed E-state index contributed by atoms with van der Waals surface area (Å²) in [6, 6.07) is 7.15. The molecule has 7 heteroatoms. The molecule has 0 radical (unpaired) electrons. The van der Waals surface area contributed by atoms with Crippen molar-refractivity contribution < 1.29 is 24.6 Å². The van der Waals surface area contributed by atoms with Gasteiger partial charge in [-0.1, -0.05) is 18.2 Å². The van der Waals surface area contributed by atoms with Crippen molar-refractivity contribution in [2.45, 2.75) is 0 Å². The van der Waals surface area contributed by atoms with Crippen LogP contribution in [0.15, 0.2) is 30.5 Å². The molecule has 2 rings (SSSR count). The molecule has 1 aromatic carbocycles. The van der Waals surface area contributed by atoms with Gasteiger partial charge in [0.1, 0.15) is 13.1 Å². The number of para-hydroxylation sites is 1. The Balaban J connectivity index is 2.43. The van der Waals surface area contributed by atoms with Crippen LogP contribution in [0.1, 0.15) is 10.4 Å². The molecule has 0 aliphatic rings. The summed E-state index contributed by atoms with van der Waals surface area (Å²) < 4.78 is 1.74. The number of rotatable bonds is 5. The Morgan fingerprint density at radius 1 is 1.10 bits per heavy atom. The number of amides is 1. The van der Waals surface area contributed by atoms with E-state index in [1.54, 1.807) is 29.9 Å². The summed E-state index contributed by atoms with van der Waals surface area (Å²) in [5, 5.41) is 18.3. The van der Waals surface area contributed by atoms with Crippen LogP contribution in [0.2, 0.25) is 0 Å². The van der Waals surface area contributed by atoms with Gasteiger partial charge in [-0.25, -0.2) is 0 Å². The number of benzene rings is 1. The van der Waals surface area contributed by atoms with Crippen molar-refractivity contribution in [3.05, 3.63) is 36.0 Å². The quantitative estimate of drug-likeness (QED) is 0.848. The van der Waals surface area contributed by atoms with Crippen LogP contribution in [0, 0.1) is 0 Å². The molecule has 2 aromatic rings. The van der Waals surface area contributed by atoms with Crippen LogP contribution < -0.4 is 0 Å². The standard InChI is InChI=1S/C14H14N2O5/c1-15-6-10(9-4-2-3-5-11(9)15)14(21)16(7-12(17)18)8-13(19)20/h2-6H,7-8H2,1H3,(H,17,18)(H,19,20). The molecule has 7 nitrogen and oxygen atoms in total. The zero-order valence-electron chi connectivity index (χ0n) is 11.3. The molecule has 0 bridgehead atoms. The highest BCUT2D eigenvalue weighted by Gasteiger charge is 2.23. The average molecular weight is 290 g/mol. The predicted octanol–water partition coefficient (Wildman–Crippen LogP) is 0.790. The summed E-state index contributed by atoms with van der Waals surface area (Å²) in [4.78, 5) is 34.8. The molecule has 0 saturated heterocycles. The van der Waals surface area contributed by atoms with Crippen LogP contribution in [0.4, 0.5) is 0 Å². The second kappa shape index (κ2) is 5.66. The SMILES string of the molecule is Cn1cc(C(=O)N(CC(=O)O)CC(=O)O)c2ccccc21. The maximum absolute atomic E-state index is 12.4. The molecule has 0 aliphatic heterocycles. The van der Waals surface area contributed by atoms with E-state index in [0.29, 0.717) is 5.39 Å². The largest absolute Gasteiger partial charge is 0.480 e. The van der Waals surface area contributed by atoms with Gasteiger partial charge in [-0.3, -0.25) is 14.4 Å². The van der Waals surface area contributed by atoms with Crippen LogP contribution in [-0.4, -0.2) is 50.6 Å². The molecule has 0 spiro atoms. The van der Waals surface area contributed by atoms with Crippen LogP contribution in [-0.2, 0) is 16.6 Å². The molecule has 1 amide bonds. The van der Waals surface area contributed by atoms with Gasteiger partial charge in [0.15, 0.2) is 0 Å². The third-order valence-electron chi connectivity index (χ3n) is 3.07. The van der Waals surface area contributed by atoms with Crippen molar-refractivity contribution in [1.82, 2.24) is 9.47 Å². The lowest BCUT2D eigenvalue weighted by molar-refractivity contribution is -0.140. The van der Waals surface area contributed by atoms with E-state index in [0.717, 1.165) is 10.4 Å². The lowest BCUT2D eigenvalue weighted by atomic mass is 10.1. The molecule has 21 heavy (non-hydrogen) atoms. The van der Waals surface area contributed by atoms with Gasteiger partial charge in [0.2, 0.25) is 0 Å². The highest BCUT2D eigenvalue weighted by Crippen LogP contribution is 2.21. The second-order valence-electron chi connectivity index (χ2n) is 4.62. The minimum absolute atomic E-state index is 0.288. The summed E-state index contributed by atoms with van der Waals surface area (Å²) >= 11 is 0. The first-order valence-electron chi connectivity index (χ1n) is 6.17. The molecule has 2 N–H and O–H groups in total. The predicted molar refractivity (Wildman–Crippen MR) is 74.1 cm³/mol. The molecule has 1 heterocycles. The lowest BCUT2D eigenvalue weighted by Crippen LogP contribution is -2.39. The number of carboxylic acid groups (broad SMARTS) is 2. The van der Waals surface area contributed by atoms with E-state index in [9.17, 15) is 14.4 Å². The van der Waals surface area contributed by atoms with Gasteiger partial charge >= 0.3 is 11.9 Å². The molecule has 0 fully saturated rings. The highest BCUT2D eigenvalue weighted by atomic mass is 16.4. The van der Waals surface area contributed by atoms with Crippen LogP contribution >= 0.6 is 0 Å². The molecular formula is C14H14N2O5. The van der Waals surface area contributed by atoms with Crippen molar-refractivity contribution in [2.24, 2.45) is 7.05 Å². The second-order valence-corrected chi connectivity index (χ2v) is 4.62. The van der Waals surface area contributed by atoms with Gasteiger partial charge in [0.25, 0.3) is 5.91 Å². The number of carbonyl (C=O) groups excluding carboxylic acids is 1. The maximum atomic E-state index is 12.4. The van der Waals surface area contributed by atoms with E-state index >= 15 is 0 Å². The first kappa shape index (κ1) is 14.6. The van der Waals surface area contributed by atoms with E-state index in [-0.39, 0.29) is 5.56 Å². The van der Waals surface area contributed by atoms with Gasteiger partial charge < -0.3 is 19.7 Å². The Morgan fingerprint density at radius 3 is 2.24 bits per heavy atom. The average Bonchev–Trinajstić information content (AvgIpc) is 2.74. The van der Waals surface area contributed by atoms with E-state index in [4.69, 9.17) is 10.2 Å². The topological polar surface area (TPSA) is 99.8 Å². The van der Waals surface area contributed by atoms with Gasteiger partial charge in [-0.2, -0.15) is 0 Å². The van der Waals surface area contributed by atoms with Gasteiger partial charge in [-0.15, -0.1) is 0 Å². The Labute approximate surface area is 120 Å². The summed E-state index contributed by atoms with van der Waals surface area (Å²) in [6.07, 6.45) is 1.57. The normalized spacial score (nSPS) is 10.5. The third kappa shape index (κ3) is 3.02. The molecule has 0 unspecified atom stereocenters. The molecule has 0 aliphatic carbocycles. The van der Waals surface area contributed by atoms with Crippen LogP contribution in [0.5, 0.6) is 0 Å². The van der Waals surface area contributed by atoms with E-state index in [2.05, 4.69) is 0 Å². The van der Waals surface area contributed by atoms with Crippen molar-refractivity contribution in [3.8, 4) is 0 Å². The van der Waals surface area contributed by atoms with Crippen LogP contribution in [0.25, 0.3) is 10.9 Å². The number of nitrogens with zero attached hydrogens (tertiary/aromatic N) is 2. The first-order valence-corrected chi connectivity index (χ1v) is 6.17. The first-order chi connectivity index (χ1) is 9.90. The van der Waals surface area contributed by atoms with Crippen molar-refractivity contribution in [3.63, 3.8) is 0 Å². The number of hydrogen-bond donors (Lipinski definition) is 2. The number of hydrogen-bond acceptors (Lipinski definition) is 3. The molecule has 110 valence electrons. The van der Waals surface area contributed by atoms with E-state index in [1.165, 1.54) is 0 Å². The number of carboxylic acids is 2. The zero-order valence-corrected chi connectivity index (χ0v) is 11.3. The number of aliphatic carboxylic acids is 2.